The minimum Gasteiger partial charge on any atom is -0.314 e. The van der Waals surface area contributed by atoms with Crippen LogP contribution in [0.3, 0.4) is 0 Å². The molecule has 1 nitrogen and oxygen atoms in total. The average Bonchev–Trinajstić information content (AvgIpc) is 2.82. The van der Waals surface area contributed by atoms with Gasteiger partial charge in [0.15, 0.2) is 0 Å². The highest BCUT2D eigenvalue weighted by Gasteiger charge is 2.28. The Labute approximate surface area is 102 Å². The molecule has 1 aromatic rings. The molecule has 0 radical (unpaired) electrons. The number of halogens is 1. The molecular formula is C14H18ClN. The van der Waals surface area contributed by atoms with Gasteiger partial charge in [-0.3, -0.25) is 0 Å². The van der Waals surface area contributed by atoms with Gasteiger partial charge >= 0.3 is 0 Å². The lowest BCUT2D eigenvalue weighted by molar-refractivity contribution is 0.349. The topological polar surface area (TPSA) is 12.0 Å². The van der Waals surface area contributed by atoms with Crippen LogP contribution in [0, 0.1) is 5.92 Å². The summed E-state index contributed by atoms with van der Waals surface area (Å²) in [5, 5.41) is 4.61. The summed E-state index contributed by atoms with van der Waals surface area (Å²) in [6, 6.07) is 7.12. The second-order valence-corrected chi connectivity index (χ2v) is 5.49. The SMILES string of the molecule is Clc1cccc2c1CCC(C1CCCN1)C2. The number of rotatable bonds is 1. The first kappa shape index (κ1) is 10.6. The molecule has 86 valence electrons. The molecule has 2 atom stereocenters. The molecule has 2 aliphatic rings. The van der Waals surface area contributed by atoms with Crippen LogP contribution in [0.4, 0.5) is 0 Å². The molecule has 1 heterocycles. The van der Waals surface area contributed by atoms with Crippen LogP contribution < -0.4 is 5.32 Å². The van der Waals surface area contributed by atoms with Crippen molar-refractivity contribution in [2.75, 3.05) is 6.54 Å². The summed E-state index contributed by atoms with van der Waals surface area (Å²) in [5.41, 5.74) is 2.89. The molecule has 2 heteroatoms. The molecule has 0 aromatic heterocycles. The van der Waals surface area contributed by atoms with Crippen molar-refractivity contribution in [3.8, 4) is 0 Å². The van der Waals surface area contributed by atoms with Gasteiger partial charge in [0.1, 0.15) is 0 Å². The van der Waals surface area contributed by atoms with Crippen LogP contribution in [-0.4, -0.2) is 12.6 Å². The van der Waals surface area contributed by atoms with E-state index in [4.69, 9.17) is 11.6 Å². The van der Waals surface area contributed by atoms with Crippen LogP contribution >= 0.6 is 11.6 Å². The summed E-state index contributed by atoms with van der Waals surface area (Å²) in [6.07, 6.45) is 6.39. The van der Waals surface area contributed by atoms with E-state index in [1.54, 1.807) is 0 Å². The summed E-state index contributed by atoms with van der Waals surface area (Å²) < 4.78 is 0. The normalized spacial score (nSPS) is 29.1. The molecule has 1 saturated heterocycles. The summed E-state index contributed by atoms with van der Waals surface area (Å²) in [4.78, 5) is 0. The number of hydrogen-bond donors (Lipinski definition) is 1. The largest absolute Gasteiger partial charge is 0.314 e. The van der Waals surface area contributed by atoms with Crippen LogP contribution in [0.2, 0.25) is 5.02 Å². The molecule has 3 rings (SSSR count). The van der Waals surface area contributed by atoms with Gasteiger partial charge in [-0.2, -0.15) is 0 Å². The van der Waals surface area contributed by atoms with Crippen molar-refractivity contribution in [3.63, 3.8) is 0 Å². The fourth-order valence-electron chi connectivity index (χ4n) is 3.25. The van der Waals surface area contributed by atoms with E-state index in [2.05, 4.69) is 17.4 Å². The van der Waals surface area contributed by atoms with Gasteiger partial charge in [0, 0.05) is 11.1 Å². The first-order valence-corrected chi connectivity index (χ1v) is 6.72. The highest BCUT2D eigenvalue weighted by Crippen LogP contribution is 2.33. The standard InChI is InChI=1S/C14H18ClN/c15-13-4-1-3-10-9-11(6-7-12(10)13)14-5-2-8-16-14/h1,3-4,11,14,16H,2,5-9H2. The van der Waals surface area contributed by atoms with E-state index < -0.39 is 0 Å². The lowest BCUT2D eigenvalue weighted by atomic mass is 9.79. The first-order chi connectivity index (χ1) is 7.84. The first-order valence-electron chi connectivity index (χ1n) is 6.34. The minimum atomic E-state index is 0.757. The Morgan fingerprint density at radius 1 is 1.25 bits per heavy atom. The van der Waals surface area contributed by atoms with Crippen molar-refractivity contribution < 1.29 is 0 Å². The zero-order valence-corrected chi connectivity index (χ0v) is 10.3. The average molecular weight is 236 g/mol. The van der Waals surface area contributed by atoms with Crippen molar-refractivity contribution in [2.24, 2.45) is 5.92 Å². The Morgan fingerprint density at radius 2 is 2.19 bits per heavy atom. The van der Waals surface area contributed by atoms with Crippen molar-refractivity contribution in [2.45, 2.75) is 38.1 Å². The molecule has 16 heavy (non-hydrogen) atoms. The number of nitrogens with one attached hydrogen (secondary N) is 1. The molecule has 0 spiro atoms. The van der Waals surface area contributed by atoms with Gasteiger partial charge in [-0.05, 0) is 61.8 Å². The van der Waals surface area contributed by atoms with E-state index in [-0.39, 0.29) is 0 Å². The fourth-order valence-corrected chi connectivity index (χ4v) is 3.53. The Morgan fingerprint density at radius 3 is 3.00 bits per heavy atom. The van der Waals surface area contributed by atoms with E-state index in [1.807, 2.05) is 6.07 Å². The van der Waals surface area contributed by atoms with E-state index in [1.165, 1.54) is 43.4 Å². The Bertz CT molecular complexity index is 382. The number of benzene rings is 1. The summed E-state index contributed by atoms with van der Waals surface area (Å²) in [7, 11) is 0. The van der Waals surface area contributed by atoms with Crippen LogP contribution in [0.5, 0.6) is 0 Å². The zero-order valence-electron chi connectivity index (χ0n) is 9.51. The molecule has 0 bridgehead atoms. The maximum Gasteiger partial charge on any atom is 0.0440 e. The highest BCUT2D eigenvalue weighted by molar-refractivity contribution is 6.31. The van der Waals surface area contributed by atoms with Gasteiger partial charge in [0.25, 0.3) is 0 Å². The third kappa shape index (κ3) is 1.87. The summed E-state index contributed by atoms with van der Waals surface area (Å²) >= 11 is 6.23. The molecule has 0 saturated carbocycles. The quantitative estimate of drug-likeness (QED) is 0.789. The molecule has 2 unspecified atom stereocenters. The van der Waals surface area contributed by atoms with Crippen LogP contribution in [0.1, 0.15) is 30.4 Å². The van der Waals surface area contributed by atoms with Gasteiger partial charge in [-0.1, -0.05) is 23.7 Å². The molecule has 1 fully saturated rings. The lowest BCUT2D eigenvalue weighted by Gasteiger charge is -2.29. The predicted octanol–water partition coefficient (Wildman–Crippen LogP) is 3.20. The third-order valence-corrected chi connectivity index (χ3v) is 4.48. The van der Waals surface area contributed by atoms with Crippen LogP contribution in [-0.2, 0) is 12.8 Å². The van der Waals surface area contributed by atoms with Gasteiger partial charge in [0.05, 0.1) is 0 Å². The van der Waals surface area contributed by atoms with Crippen LogP contribution in [0.25, 0.3) is 0 Å². The van der Waals surface area contributed by atoms with Crippen molar-refractivity contribution in [1.82, 2.24) is 5.32 Å². The highest BCUT2D eigenvalue weighted by atomic mass is 35.5. The number of hydrogen-bond acceptors (Lipinski definition) is 1. The Hall–Kier alpha value is -0.530. The smallest absolute Gasteiger partial charge is 0.0440 e. The summed E-state index contributed by atoms with van der Waals surface area (Å²) in [6.45, 7) is 1.21. The maximum atomic E-state index is 6.23. The molecule has 1 aliphatic heterocycles. The monoisotopic (exact) mass is 235 g/mol. The van der Waals surface area contributed by atoms with Gasteiger partial charge in [0.2, 0.25) is 0 Å². The molecule has 1 aliphatic carbocycles. The second-order valence-electron chi connectivity index (χ2n) is 5.08. The predicted molar refractivity (Wildman–Crippen MR) is 68.0 cm³/mol. The van der Waals surface area contributed by atoms with Gasteiger partial charge in [-0.25, -0.2) is 0 Å². The van der Waals surface area contributed by atoms with E-state index >= 15 is 0 Å². The third-order valence-electron chi connectivity index (χ3n) is 4.13. The zero-order chi connectivity index (χ0) is 11.0. The molecule has 1 aromatic carbocycles. The molecular weight excluding hydrogens is 218 g/mol. The Balaban J connectivity index is 1.80. The maximum absolute atomic E-state index is 6.23. The van der Waals surface area contributed by atoms with E-state index in [0.717, 1.165) is 23.4 Å². The fraction of sp³-hybridized carbons (Fsp3) is 0.571. The lowest BCUT2D eigenvalue weighted by Crippen LogP contribution is -2.34. The Kier molecular flexibility index (Phi) is 2.91. The van der Waals surface area contributed by atoms with Gasteiger partial charge in [-0.15, -0.1) is 0 Å². The van der Waals surface area contributed by atoms with Crippen molar-refractivity contribution >= 4 is 11.6 Å². The van der Waals surface area contributed by atoms with Crippen molar-refractivity contribution in [3.05, 3.63) is 34.3 Å². The van der Waals surface area contributed by atoms with Crippen molar-refractivity contribution in [1.29, 1.82) is 0 Å². The molecule has 0 amide bonds. The number of fused-ring (bicyclic) bond motifs is 1. The minimum absolute atomic E-state index is 0.757. The second kappa shape index (κ2) is 4.38. The van der Waals surface area contributed by atoms with E-state index in [0.29, 0.717) is 0 Å². The molecule has 1 N–H and O–H groups in total. The van der Waals surface area contributed by atoms with E-state index in [9.17, 15) is 0 Å². The van der Waals surface area contributed by atoms with Crippen LogP contribution in [0.15, 0.2) is 18.2 Å². The summed E-state index contributed by atoms with van der Waals surface area (Å²) in [5.74, 6) is 0.827. The van der Waals surface area contributed by atoms with Gasteiger partial charge < -0.3 is 5.32 Å².